The smallest absolute Gasteiger partial charge is 0.258 e. The number of benzene rings is 1. The van der Waals surface area contributed by atoms with Gasteiger partial charge in [-0.25, -0.2) is 0 Å². The maximum Gasteiger partial charge on any atom is 0.272 e. The van der Waals surface area contributed by atoms with E-state index in [1.165, 1.54) is 6.07 Å². The molecule has 1 aromatic rings. The monoisotopic (exact) mass is 241 g/mol. The van der Waals surface area contributed by atoms with Crippen molar-refractivity contribution in [3.63, 3.8) is 0 Å². The van der Waals surface area contributed by atoms with Crippen LogP contribution < -0.4 is 0 Å². The van der Waals surface area contributed by atoms with Crippen molar-refractivity contribution in [2.75, 3.05) is 0 Å². The lowest BCUT2D eigenvalue weighted by atomic mass is 9.95. The normalized spacial score (nSPS) is 14.5. The zero-order valence-corrected chi connectivity index (χ0v) is 10.5. The van der Waals surface area contributed by atoms with Crippen LogP contribution in [0, 0.1) is 23.0 Å². The van der Waals surface area contributed by atoms with Gasteiger partial charge in [0.1, 0.15) is 0 Å². The van der Waals surface area contributed by atoms with E-state index in [-0.39, 0.29) is 16.0 Å². The summed E-state index contributed by atoms with van der Waals surface area (Å²) < 4.78 is 0. The number of nitro benzene ring substituents is 1. The van der Waals surface area contributed by atoms with Crippen molar-refractivity contribution in [3.8, 4) is 0 Å². The van der Waals surface area contributed by atoms with E-state index in [0.29, 0.717) is 5.92 Å². The van der Waals surface area contributed by atoms with Gasteiger partial charge in [-0.1, -0.05) is 19.1 Å². The van der Waals surface area contributed by atoms with Crippen LogP contribution in [0.4, 0.5) is 5.69 Å². The Labute approximate surface area is 101 Å². The lowest BCUT2D eigenvalue weighted by Crippen LogP contribution is -2.11. The summed E-state index contributed by atoms with van der Waals surface area (Å²) in [4.78, 5) is 10.4. The molecule has 0 saturated carbocycles. The van der Waals surface area contributed by atoms with Crippen molar-refractivity contribution < 1.29 is 4.92 Å². The quantitative estimate of drug-likeness (QED) is 0.458. The summed E-state index contributed by atoms with van der Waals surface area (Å²) in [5.74, 6) is 0.308. The molecule has 16 heavy (non-hydrogen) atoms. The van der Waals surface area contributed by atoms with E-state index < -0.39 is 0 Å². The van der Waals surface area contributed by atoms with Crippen LogP contribution in [0.1, 0.15) is 25.0 Å². The molecule has 0 aliphatic rings. The number of hydrogen-bond acceptors (Lipinski definition) is 2. The third-order valence-electron chi connectivity index (χ3n) is 2.94. The Bertz CT molecular complexity index is 391. The lowest BCUT2D eigenvalue weighted by molar-refractivity contribution is -0.385. The SMILES string of the molecule is Cc1c(CC(C)C(C)Cl)cccc1[N+](=O)[O-]. The van der Waals surface area contributed by atoms with Crippen LogP contribution >= 0.6 is 11.6 Å². The van der Waals surface area contributed by atoms with Gasteiger partial charge < -0.3 is 0 Å². The van der Waals surface area contributed by atoms with Gasteiger partial charge in [0.2, 0.25) is 0 Å². The summed E-state index contributed by atoms with van der Waals surface area (Å²) in [5, 5.41) is 10.8. The van der Waals surface area contributed by atoms with Crippen molar-refractivity contribution >= 4 is 17.3 Å². The maximum atomic E-state index is 10.8. The highest BCUT2D eigenvalue weighted by Gasteiger charge is 2.16. The minimum Gasteiger partial charge on any atom is -0.258 e. The first kappa shape index (κ1) is 13.0. The van der Waals surface area contributed by atoms with Crippen LogP contribution in [0.3, 0.4) is 0 Å². The van der Waals surface area contributed by atoms with Crippen LogP contribution in [0.2, 0.25) is 0 Å². The Morgan fingerprint density at radius 3 is 2.56 bits per heavy atom. The molecule has 2 atom stereocenters. The molecule has 0 spiro atoms. The molecular formula is C12H16ClNO2. The Morgan fingerprint density at radius 1 is 1.44 bits per heavy atom. The number of rotatable bonds is 4. The van der Waals surface area contributed by atoms with Gasteiger partial charge in [0.25, 0.3) is 5.69 Å². The average Bonchev–Trinajstić information content (AvgIpc) is 2.20. The van der Waals surface area contributed by atoms with E-state index in [1.54, 1.807) is 13.0 Å². The van der Waals surface area contributed by atoms with Crippen molar-refractivity contribution in [3.05, 3.63) is 39.4 Å². The van der Waals surface area contributed by atoms with E-state index in [9.17, 15) is 10.1 Å². The highest BCUT2D eigenvalue weighted by molar-refractivity contribution is 6.20. The van der Waals surface area contributed by atoms with Gasteiger partial charge in [-0.15, -0.1) is 11.6 Å². The van der Waals surface area contributed by atoms with E-state index >= 15 is 0 Å². The first-order chi connectivity index (χ1) is 7.43. The number of alkyl halides is 1. The number of hydrogen-bond donors (Lipinski definition) is 0. The molecule has 0 fully saturated rings. The van der Waals surface area contributed by atoms with Gasteiger partial charge in [0.05, 0.1) is 4.92 Å². The van der Waals surface area contributed by atoms with Gasteiger partial charge in [0, 0.05) is 17.0 Å². The van der Waals surface area contributed by atoms with Gasteiger partial charge in [0.15, 0.2) is 0 Å². The predicted octanol–water partition coefficient (Wildman–Crippen LogP) is 3.71. The van der Waals surface area contributed by atoms with Crippen LogP contribution in [-0.4, -0.2) is 10.3 Å². The fourth-order valence-corrected chi connectivity index (χ4v) is 1.69. The van der Waals surface area contributed by atoms with Gasteiger partial charge in [-0.05, 0) is 31.7 Å². The van der Waals surface area contributed by atoms with E-state index in [1.807, 2.05) is 13.0 Å². The van der Waals surface area contributed by atoms with Gasteiger partial charge in [-0.3, -0.25) is 10.1 Å². The van der Waals surface area contributed by atoms with Gasteiger partial charge >= 0.3 is 0 Å². The Kier molecular flexibility index (Phi) is 4.30. The van der Waals surface area contributed by atoms with Crippen molar-refractivity contribution in [1.82, 2.24) is 0 Å². The van der Waals surface area contributed by atoms with Crippen molar-refractivity contribution in [2.24, 2.45) is 5.92 Å². The topological polar surface area (TPSA) is 43.1 Å². The minimum atomic E-state index is -0.340. The second-order valence-corrected chi connectivity index (χ2v) is 4.87. The fourth-order valence-electron chi connectivity index (χ4n) is 1.60. The molecule has 0 aliphatic carbocycles. The molecule has 1 rings (SSSR count). The molecule has 3 nitrogen and oxygen atoms in total. The molecule has 0 radical (unpaired) electrons. The lowest BCUT2D eigenvalue weighted by Gasteiger charge is -2.15. The molecule has 0 aromatic heterocycles. The Balaban J connectivity index is 2.98. The van der Waals surface area contributed by atoms with Crippen LogP contribution in [0.15, 0.2) is 18.2 Å². The summed E-state index contributed by atoms with van der Waals surface area (Å²) in [5.41, 5.74) is 1.94. The zero-order valence-electron chi connectivity index (χ0n) is 9.74. The highest BCUT2D eigenvalue weighted by atomic mass is 35.5. The maximum absolute atomic E-state index is 10.8. The molecule has 0 amide bonds. The highest BCUT2D eigenvalue weighted by Crippen LogP contribution is 2.24. The minimum absolute atomic E-state index is 0.0682. The number of nitrogens with zero attached hydrogens (tertiary/aromatic N) is 1. The summed E-state index contributed by atoms with van der Waals surface area (Å²) in [6, 6.07) is 5.19. The fraction of sp³-hybridized carbons (Fsp3) is 0.500. The average molecular weight is 242 g/mol. The van der Waals surface area contributed by atoms with E-state index in [4.69, 9.17) is 11.6 Å². The third kappa shape index (κ3) is 2.95. The number of halogens is 1. The second kappa shape index (κ2) is 5.30. The third-order valence-corrected chi connectivity index (χ3v) is 3.37. The molecule has 88 valence electrons. The number of nitro groups is 1. The summed E-state index contributed by atoms with van der Waals surface area (Å²) in [6.45, 7) is 5.79. The van der Waals surface area contributed by atoms with E-state index in [0.717, 1.165) is 17.5 Å². The van der Waals surface area contributed by atoms with Crippen LogP contribution in [0.5, 0.6) is 0 Å². The molecule has 0 bridgehead atoms. The summed E-state index contributed by atoms with van der Waals surface area (Å²) >= 11 is 6.00. The predicted molar refractivity (Wildman–Crippen MR) is 66.0 cm³/mol. The molecular weight excluding hydrogens is 226 g/mol. The molecule has 0 N–H and O–H groups in total. The standard InChI is InChI=1S/C12H16ClNO2/c1-8(10(3)13)7-11-5-4-6-12(9(11)2)14(15)16/h4-6,8,10H,7H2,1-3H3. The second-order valence-electron chi connectivity index (χ2n) is 4.18. The molecule has 0 saturated heterocycles. The molecule has 4 heteroatoms. The largest absolute Gasteiger partial charge is 0.272 e. The molecule has 2 unspecified atom stereocenters. The van der Waals surface area contributed by atoms with Crippen molar-refractivity contribution in [2.45, 2.75) is 32.6 Å². The summed E-state index contributed by atoms with van der Waals surface area (Å²) in [7, 11) is 0. The summed E-state index contributed by atoms with van der Waals surface area (Å²) in [6.07, 6.45) is 0.776. The van der Waals surface area contributed by atoms with Crippen LogP contribution in [-0.2, 0) is 6.42 Å². The molecule has 1 aromatic carbocycles. The zero-order chi connectivity index (χ0) is 12.3. The Morgan fingerprint density at radius 2 is 2.06 bits per heavy atom. The first-order valence-corrected chi connectivity index (χ1v) is 5.74. The Hall–Kier alpha value is -1.09. The van der Waals surface area contributed by atoms with Crippen LogP contribution in [0.25, 0.3) is 0 Å². The first-order valence-electron chi connectivity index (χ1n) is 5.30. The molecule has 0 heterocycles. The van der Waals surface area contributed by atoms with E-state index in [2.05, 4.69) is 6.92 Å². The van der Waals surface area contributed by atoms with Crippen molar-refractivity contribution in [1.29, 1.82) is 0 Å². The molecule has 0 aliphatic heterocycles. The van der Waals surface area contributed by atoms with Gasteiger partial charge in [-0.2, -0.15) is 0 Å².